The Labute approximate surface area is 138 Å². The SMILES string of the molecule is Cc1cc(C)n(-c2ncc(NC(=O)c3cccc(C#N)c3)cn2)n1. The van der Waals surface area contributed by atoms with Crippen molar-refractivity contribution in [3.05, 3.63) is 65.2 Å². The lowest BCUT2D eigenvalue weighted by Crippen LogP contribution is -2.13. The molecule has 1 amide bonds. The molecule has 0 aliphatic heterocycles. The molecule has 7 heteroatoms. The van der Waals surface area contributed by atoms with Gasteiger partial charge in [0.25, 0.3) is 11.9 Å². The summed E-state index contributed by atoms with van der Waals surface area (Å²) in [6, 6.07) is 10.4. The first kappa shape index (κ1) is 15.4. The molecule has 0 aliphatic carbocycles. The zero-order valence-corrected chi connectivity index (χ0v) is 13.2. The van der Waals surface area contributed by atoms with Crippen molar-refractivity contribution in [2.75, 3.05) is 5.32 Å². The Hall–Kier alpha value is -3.53. The Morgan fingerprint density at radius 3 is 2.58 bits per heavy atom. The fraction of sp³-hybridized carbons (Fsp3) is 0.118. The van der Waals surface area contributed by atoms with Crippen molar-refractivity contribution in [1.82, 2.24) is 19.7 Å². The van der Waals surface area contributed by atoms with E-state index in [1.54, 1.807) is 22.9 Å². The molecule has 0 unspecified atom stereocenters. The van der Waals surface area contributed by atoms with Gasteiger partial charge in [-0.1, -0.05) is 6.07 Å². The van der Waals surface area contributed by atoms with Crippen molar-refractivity contribution in [3.63, 3.8) is 0 Å². The maximum Gasteiger partial charge on any atom is 0.255 e. The third-order valence-electron chi connectivity index (χ3n) is 3.35. The van der Waals surface area contributed by atoms with E-state index in [9.17, 15) is 4.79 Å². The lowest BCUT2D eigenvalue weighted by atomic mass is 10.1. The third-order valence-corrected chi connectivity index (χ3v) is 3.35. The van der Waals surface area contributed by atoms with Crippen LogP contribution >= 0.6 is 0 Å². The number of rotatable bonds is 3. The number of anilines is 1. The molecule has 0 saturated carbocycles. The Kier molecular flexibility index (Phi) is 4.03. The first-order valence-electron chi connectivity index (χ1n) is 7.24. The van der Waals surface area contributed by atoms with Crippen molar-refractivity contribution >= 4 is 11.6 Å². The van der Waals surface area contributed by atoms with Crippen LogP contribution in [0.2, 0.25) is 0 Å². The number of benzene rings is 1. The number of nitrogens with one attached hydrogen (secondary N) is 1. The predicted octanol–water partition coefficient (Wildman–Crippen LogP) is 2.40. The Morgan fingerprint density at radius 2 is 1.96 bits per heavy atom. The maximum absolute atomic E-state index is 12.2. The number of carbonyl (C=O) groups is 1. The summed E-state index contributed by atoms with van der Waals surface area (Å²) in [5.41, 5.74) is 3.10. The standard InChI is InChI=1S/C17H14N6O/c1-11-6-12(2)23(22-11)17-19-9-15(10-20-17)21-16(24)14-5-3-4-13(7-14)8-18/h3-7,9-10H,1-2H3,(H,21,24). The Balaban J connectivity index is 1.78. The average molecular weight is 318 g/mol. The van der Waals surface area contributed by atoms with Crippen LogP contribution in [0.3, 0.4) is 0 Å². The van der Waals surface area contributed by atoms with Gasteiger partial charge < -0.3 is 5.32 Å². The molecular formula is C17H14N6O. The number of nitriles is 1. The first-order valence-corrected chi connectivity index (χ1v) is 7.24. The molecule has 1 N–H and O–H groups in total. The second kappa shape index (κ2) is 6.30. The van der Waals surface area contributed by atoms with Crippen LogP contribution in [0.25, 0.3) is 5.95 Å². The van der Waals surface area contributed by atoms with E-state index in [4.69, 9.17) is 5.26 Å². The molecule has 0 fully saturated rings. The summed E-state index contributed by atoms with van der Waals surface area (Å²) in [5.74, 6) is 0.111. The number of hydrogen-bond acceptors (Lipinski definition) is 5. The van der Waals surface area contributed by atoms with Gasteiger partial charge in [0.1, 0.15) is 0 Å². The fourth-order valence-corrected chi connectivity index (χ4v) is 2.26. The Bertz CT molecular complexity index is 936. The van der Waals surface area contributed by atoms with Crippen LogP contribution in [0.1, 0.15) is 27.3 Å². The van der Waals surface area contributed by atoms with Crippen molar-refractivity contribution < 1.29 is 4.79 Å². The minimum absolute atomic E-state index is 0.324. The van der Waals surface area contributed by atoms with Crippen LogP contribution in [0.5, 0.6) is 0 Å². The van der Waals surface area contributed by atoms with Crippen molar-refractivity contribution in [2.24, 2.45) is 0 Å². The van der Waals surface area contributed by atoms with Gasteiger partial charge in [0.2, 0.25) is 0 Å². The van der Waals surface area contributed by atoms with Gasteiger partial charge >= 0.3 is 0 Å². The van der Waals surface area contributed by atoms with Crippen LogP contribution in [0.4, 0.5) is 5.69 Å². The number of aromatic nitrogens is 4. The highest BCUT2D eigenvalue weighted by atomic mass is 16.1. The van der Waals surface area contributed by atoms with E-state index in [0.717, 1.165) is 11.4 Å². The molecule has 3 aromatic rings. The minimum Gasteiger partial charge on any atom is -0.319 e. The van der Waals surface area contributed by atoms with E-state index in [2.05, 4.69) is 20.4 Å². The second-order valence-electron chi connectivity index (χ2n) is 5.26. The summed E-state index contributed by atoms with van der Waals surface area (Å²) in [4.78, 5) is 20.7. The minimum atomic E-state index is -0.324. The largest absolute Gasteiger partial charge is 0.319 e. The molecule has 3 rings (SSSR count). The summed E-state index contributed by atoms with van der Waals surface area (Å²) in [7, 11) is 0. The van der Waals surface area contributed by atoms with Gasteiger partial charge in [-0.25, -0.2) is 14.6 Å². The zero-order valence-electron chi connectivity index (χ0n) is 13.2. The number of amides is 1. The van der Waals surface area contributed by atoms with Gasteiger partial charge in [0.15, 0.2) is 0 Å². The van der Waals surface area contributed by atoms with Gasteiger partial charge in [0, 0.05) is 11.3 Å². The lowest BCUT2D eigenvalue weighted by Gasteiger charge is -2.06. The van der Waals surface area contributed by atoms with E-state index in [0.29, 0.717) is 22.8 Å². The van der Waals surface area contributed by atoms with Crippen molar-refractivity contribution in [2.45, 2.75) is 13.8 Å². The van der Waals surface area contributed by atoms with Gasteiger partial charge in [-0.05, 0) is 38.1 Å². The summed E-state index contributed by atoms with van der Waals surface area (Å²) in [6.45, 7) is 3.81. The monoisotopic (exact) mass is 318 g/mol. The molecule has 2 heterocycles. The summed E-state index contributed by atoms with van der Waals surface area (Å²) < 4.78 is 1.64. The molecule has 0 bridgehead atoms. The van der Waals surface area contributed by atoms with Crippen LogP contribution in [-0.4, -0.2) is 25.7 Å². The molecule has 2 aromatic heterocycles. The fourth-order valence-electron chi connectivity index (χ4n) is 2.26. The summed E-state index contributed by atoms with van der Waals surface area (Å²) >= 11 is 0. The molecule has 0 aliphatic rings. The van der Waals surface area contributed by atoms with Crippen molar-refractivity contribution in [1.29, 1.82) is 5.26 Å². The predicted molar refractivity (Wildman–Crippen MR) is 87.7 cm³/mol. The molecule has 0 spiro atoms. The topological polar surface area (TPSA) is 96.5 Å². The highest BCUT2D eigenvalue weighted by Crippen LogP contribution is 2.11. The number of aryl methyl sites for hydroxylation is 2. The first-order chi connectivity index (χ1) is 11.6. The highest BCUT2D eigenvalue weighted by molar-refractivity contribution is 6.04. The molecule has 118 valence electrons. The van der Waals surface area contributed by atoms with Gasteiger partial charge in [-0.15, -0.1) is 0 Å². The van der Waals surface area contributed by atoms with Crippen LogP contribution in [0.15, 0.2) is 42.7 Å². The van der Waals surface area contributed by atoms with E-state index >= 15 is 0 Å². The number of hydrogen-bond donors (Lipinski definition) is 1. The maximum atomic E-state index is 12.2. The zero-order chi connectivity index (χ0) is 17.1. The summed E-state index contributed by atoms with van der Waals surface area (Å²) in [5, 5.41) is 15.9. The number of nitrogens with zero attached hydrogens (tertiary/aromatic N) is 5. The molecule has 0 saturated heterocycles. The van der Waals surface area contributed by atoms with E-state index in [1.807, 2.05) is 26.0 Å². The quantitative estimate of drug-likeness (QED) is 0.800. The van der Waals surface area contributed by atoms with Gasteiger partial charge in [0.05, 0.1) is 35.4 Å². The molecule has 0 atom stereocenters. The van der Waals surface area contributed by atoms with Gasteiger partial charge in [-0.2, -0.15) is 10.4 Å². The van der Waals surface area contributed by atoms with E-state index < -0.39 is 0 Å². The van der Waals surface area contributed by atoms with E-state index in [-0.39, 0.29) is 5.91 Å². The molecule has 0 radical (unpaired) electrons. The Morgan fingerprint density at radius 1 is 1.21 bits per heavy atom. The van der Waals surface area contributed by atoms with Crippen LogP contribution in [-0.2, 0) is 0 Å². The number of carbonyl (C=O) groups excluding carboxylic acids is 1. The molecular weight excluding hydrogens is 304 g/mol. The summed E-state index contributed by atoms with van der Waals surface area (Å²) in [6.07, 6.45) is 3.04. The molecule has 24 heavy (non-hydrogen) atoms. The van der Waals surface area contributed by atoms with E-state index in [1.165, 1.54) is 18.5 Å². The third kappa shape index (κ3) is 3.13. The van der Waals surface area contributed by atoms with Gasteiger partial charge in [-0.3, -0.25) is 4.79 Å². The highest BCUT2D eigenvalue weighted by Gasteiger charge is 2.09. The van der Waals surface area contributed by atoms with Crippen LogP contribution < -0.4 is 5.32 Å². The molecule has 7 nitrogen and oxygen atoms in total. The smallest absolute Gasteiger partial charge is 0.255 e. The second-order valence-corrected chi connectivity index (χ2v) is 5.26. The lowest BCUT2D eigenvalue weighted by molar-refractivity contribution is 0.102. The molecule has 1 aromatic carbocycles. The normalized spacial score (nSPS) is 10.2. The van der Waals surface area contributed by atoms with Crippen molar-refractivity contribution in [3.8, 4) is 12.0 Å². The van der Waals surface area contributed by atoms with Crippen LogP contribution in [0, 0.1) is 25.2 Å². The average Bonchev–Trinajstić information content (AvgIpc) is 2.94.